The molecule has 2 atom stereocenters. The largest absolute Gasteiger partial charge is 0.497 e. The molecule has 0 saturated heterocycles. The van der Waals surface area contributed by atoms with Gasteiger partial charge in [-0.1, -0.05) is 37.1 Å². The Bertz CT molecular complexity index is 795. The maximum absolute atomic E-state index is 12.6. The monoisotopic (exact) mass is 390 g/mol. The number of methoxy groups -OCH3 is 1. The van der Waals surface area contributed by atoms with Gasteiger partial charge in [0.05, 0.1) is 24.8 Å². The van der Waals surface area contributed by atoms with E-state index in [1.807, 2.05) is 36.4 Å². The molecule has 1 N–H and O–H groups in total. The molecule has 6 heteroatoms. The number of rotatable bonds is 8. The zero-order chi connectivity index (χ0) is 19.2. The normalized spacial score (nSPS) is 18.7. The highest BCUT2D eigenvalue weighted by Gasteiger charge is 2.31. The summed E-state index contributed by atoms with van der Waals surface area (Å²) in [4.78, 5) is 4.93. The Morgan fingerprint density at radius 1 is 1.19 bits per heavy atom. The number of nitrogens with one attached hydrogen (secondary N) is 1. The lowest BCUT2D eigenvalue weighted by Gasteiger charge is -2.19. The molecule has 3 rings (SSSR count). The number of aliphatic imine (C=N–C) groups is 1. The first-order chi connectivity index (χ1) is 13.2. The minimum absolute atomic E-state index is 0.00616. The summed E-state index contributed by atoms with van der Waals surface area (Å²) < 4.78 is 23.5. The Balaban J connectivity index is 1.95. The molecule has 2 aromatic carbocycles. The lowest BCUT2D eigenvalue weighted by molar-refractivity contribution is 0.271. The van der Waals surface area contributed by atoms with E-state index in [1.165, 1.54) is 0 Å². The summed E-state index contributed by atoms with van der Waals surface area (Å²) in [5.74, 6) is 1.97. The smallest absolute Gasteiger partial charge is 0.134 e. The Kier molecular flexibility index (Phi) is 6.56. The Hall–Kier alpha value is -2.27. The fourth-order valence-electron chi connectivity index (χ4n) is 3.27. The van der Waals surface area contributed by atoms with Crippen LogP contribution in [0.2, 0.25) is 5.02 Å². The van der Waals surface area contributed by atoms with E-state index >= 15 is 0 Å². The lowest BCUT2D eigenvalue weighted by atomic mass is 9.98. The number of hydrogen-bond donors (Lipinski definition) is 1. The van der Waals surface area contributed by atoms with E-state index in [1.54, 1.807) is 13.2 Å². The fraction of sp³-hybridized carbons (Fsp3) is 0.381. The van der Waals surface area contributed by atoms with E-state index < -0.39 is 6.67 Å². The Labute approximate surface area is 164 Å². The van der Waals surface area contributed by atoms with Gasteiger partial charge in [-0.25, -0.2) is 4.39 Å². The number of nitrogens with zero attached hydrogens (tertiary/aromatic N) is 1. The second kappa shape index (κ2) is 9.09. The molecule has 144 valence electrons. The van der Waals surface area contributed by atoms with Crippen molar-refractivity contribution in [2.24, 2.45) is 4.99 Å². The van der Waals surface area contributed by atoms with Crippen molar-refractivity contribution in [1.29, 1.82) is 0 Å². The van der Waals surface area contributed by atoms with E-state index in [0.717, 1.165) is 29.8 Å². The highest BCUT2D eigenvalue weighted by molar-refractivity contribution is 6.30. The summed E-state index contributed by atoms with van der Waals surface area (Å²) in [6.07, 6.45) is 2.02. The molecular formula is C21H24ClFN2O2. The Morgan fingerprint density at radius 2 is 1.96 bits per heavy atom. The topological polar surface area (TPSA) is 42.8 Å². The molecule has 0 aliphatic carbocycles. The summed E-state index contributed by atoms with van der Waals surface area (Å²) in [5, 5.41) is 4.23. The third-order valence-corrected chi connectivity index (χ3v) is 4.81. The molecule has 1 aliphatic heterocycles. The van der Waals surface area contributed by atoms with Crippen LogP contribution in [0.3, 0.4) is 0 Å². The highest BCUT2D eigenvalue weighted by atomic mass is 35.5. The predicted octanol–water partition coefficient (Wildman–Crippen LogP) is 4.96. The van der Waals surface area contributed by atoms with Gasteiger partial charge in [0.2, 0.25) is 0 Å². The number of hydrogen-bond acceptors (Lipinski definition) is 4. The van der Waals surface area contributed by atoms with Crippen LogP contribution in [0.4, 0.5) is 4.39 Å². The summed E-state index contributed by atoms with van der Waals surface area (Å²) in [7, 11) is 1.59. The number of benzene rings is 2. The Morgan fingerprint density at radius 3 is 2.63 bits per heavy atom. The quantitative estimate of drug-likeness (QED) is 0.693. The van der Waals surface area contributed by atoms with Gasteiger partial charge >= 0.3 is 0 Å². The van der Waals surface area contributed by atoms with Crippen LogP contribution in [0.5, 0.6) is 11.5 Å². The van der Waals surface area contributed by atoms with Crippen LogP contribution in [0.1, 0.15) is 36.9 Å². The van der Waals surface area contributed by atoms with Crippen molar-refractivity contribution >= 4 is 17.4 Å². The van der Waals surface area contributed by atoms with Crippen LogP contribution >= 0.6 is 11.6 Å². The highest BCUT2D eigenvalue weighted by Crippen LogP contribution is 2.33. The van der Waals surface area contributed by atoms with Gasteiger partial charge in [-0.3, -0.25) is 4.99 Å². The molecule has 0 saturated carbocycles. The summed E-state index contributed by atoms with van der Waals surface area (Å²) in [6, 6.07) is 13.5. The zero-order valence-electron chi connectivity index (χ0n) is 15.5. The van der Waals surface area contributed by atoms with Crippen LogP contribution in [-0.2, 0) is 0 Å². The molecule has 2 aromatic rings. The predicted molar refractivity (Wildman–Crippen MR) is 107 cm³/mol. The SMILES string of the molecule is CCC[C@H]1NC(c2ccc(OC)cc2OCCF)=N[C@H]1c1ccc(Cl)cc1. The number of amidine groups is 1. The number of alkyl halides is 1. The van der Waals surface area contributed by atoms with Crippen LogP contribution < -0.4 is 14.8 Å². The average molecular weight is 391 g/mol. The molecule has 0 fully saturated rings. The maximum atomic E-state index is 12.6. The van der Waals surface area contributed by atoms with E-state index in [0.29, 0.717) is 16.5 Å². The first kappa shape index (κ1) is 19.5. The molecule has 1 aliphatic rings. The second-order valence-electron chi connectivity index (χ2n) is 6.41. The first-order valence-electron chi connectivity index (χ1n) is 9.13. The van der Waals surface area contributed by atoms with E-state index in [2.05, 4.69) is 12.2 Å². The maximum Gasteiger partial charge on any atom is 0.134 e. The van der Waals surface area contributed by atoms with Crippen LogP contribution in [-0.4, -0.2) is 32.3 Å². The van der Waals surface area contributed by atoms with Gasteiger partial charge in [0.25, 0.3) is 0 Å². The lowest BCUT2D eigenvalue weighted by Crippen LogP contribution is -2.32. The summed E-state index contributed by atoms with van der Waals surface area (Å²) in [6.45, 7) is 1.59. The fourth-order valence-corrected chi connectivity index (χ4v) is 3.40. The molecule has 0 aromatic heterocycles. The molecule has 0 spiro atoms. The first-order valence-corrected chi connectivity index (χ1v) is 9.51. The molecular weight excluding hydrogens is 367 g/mol. The van der Waals surface area contributed by atoms with Crippen LogP contribution in [0.25, 0.3) is 0 Å². The third kappa shape index (κ3) is 4.53. The molecule has 0 bridgehead atoms. The van der Waals surface area contributed by atoms with Gasteiger partial charge in [-0.2, -0.15) is 0 Å². The standard InChI is InChI=1S/C21H24ClFN2O2/c1-3-4-18-20(14-5-7-15(22)8-6-14)25-21(24-18)17-10-9-16(26-2)13-19(17)27-12-11-23/h5-10,13,18,20H,3-4,11-12H2,1-2H3,(H,24,25)/t18-,20+/m1/s1. The summed E-state index contributed by atoms with van der Waals surface area (Å²) >= 11 is 6.03. The van der Waals surface area contributed by atoms with Gasteiger partial charge in [0.1, 0.15) is 30.6 Å². The minimum atomic E-state index is -0.553. The van der Waals surface area contributed by atoms with Gasteiger partial charge < -0.3 is 14.8 Å². The van der Waals surface area contributed by atoms with Crippen molar-refractivity contribution in [2.45, 2.75) is 31.8 Å². The molecule has 0 amide bonds. The van der Waals surface area contributed by atoms with Gasteiger partial charge in [0.15, 0.2) is 0 Å². The van der Waals surface area contributed by atoms with Crippen molar-refractivity contribution in [1.82, 2.24) is 5.32 Å². The van der Waals surface area contributed by atoms with E-state index in [4.69, 9.17) is 26.1 Å². The minimum Gasteiger partial charge on any atom is -0.497 e. The molecule has 0 radical (unpaired) electrons. The number of ether oxygens (including phenoxy) is 2. The van der Waals surface area contributed by atoms with Crippen LogP contribution in [0.15, 0.2) is 47.5 Å². The average Bonchev–Trinajstić information content (AvgIpc) is 3.10. The molecule has 0 unspecified atom stereocenters. The van der Waals surface area contributed by atoms with Crippen molar-refractivity contribution < 1.29 is 13.9 Å². The van der Waals surface area contributed by atoms with Crippen molar-refractivity contribution in [3.05, 3.63) is 58.6 Å². The molecule has 4 nitrogen and oxygen atoms in total. The number of halogens is 2. The molecule has 1 heterocycles. The summed E-state index contributed by atoms with van der Waals surface area (Å²) in [5.41, 5.74) is 1.92. The van der Waals surface area contributed by atoms with E-state index in [-0.39, 0.29) is 18.7 Å². The zero-order valence-corrected chi connectivity index (χ0v) is 16.3. The van der Waals surface area contributed by atoms with Crippen molar-refractivity contribution in [3.8, 4) is 11.5 Å². The van der Waals surface area contributed by atoms with Crippen molar-refractivity contribution in [3.63, 3.8) is 0 Å². The molecule has 27 heavy (non-hydrogen) atoms. The van der Waals surface area contributed by atoms with Gasteiger partial charge in [-0.05, 0) is 36.2 Å². The second-order valence-corrected chi connectivity index (χ2v) is 6.85. The van der Waals surface area contributed by atoms with Crippen LogP contribution in [0, 0.1) is 0 Å². The van der Waals surface area contributed by atoms with E-state index in [9.17, 15) is 4.39 Å². The van der Waals surface area contributed by atoms with Gasteiger partial charge in [-0.15, -0.1) is 0 Å². The van der Waals surface area contributed by atoms with Crippen molar-refractivity contribution in [2.75, 3.05) is 20.4 Å². The van der Waals surface area contributed by atoms with Gasteiger partial charge in [0, 0.05) is 11.1 Å². The third-order valence-electron chi connectivity index (χ3n) is 4.56.